The number of aliphatic hydroxyl groups is 4. The first-order valence-electron chi connectivity index (χ1n) is 3.65. The molecule has 0 spiro atoms. The Morgan fingerprint density at radius 3 is 2.15 bits per heavy atom. The zero-order valence-corrected chi connectivity index (χ0v) is 6.90. The predicted molar refractivity (Wildman–Crippen MR) is 37.0 cm³/mol. The third-order valence-electron chi connectivity index (χ3n) is 1.74. The van der Waals surface area contributed by atoms with E-state index in [1.54, 1.807) is 0 Å². The molecule has 1 unspecified atom stereocenters. The summed E-state index contributed by atoms with van der Waals surface area (Å²) in [6.45, 7) is 0. The molecular weight excluding hydrogens is 184 g/mol. The van der Waals surface area contributed by atoms with Crippen LogP contribution >= 0.6 is 0 Å². The van der Waals surface area contributed by atoms with Gasteiger partial charge in [0.25, 0.3) is 0 Å². The zero-order valence-electron chi connectivity index (χ0n) is 6.90. The molecule has 0 saturated carbocycles. The van der Waals surface area contributed by atoms with E-state index in [0.717, 1.165) is 0 Å². The van der Waals surface area contributed by atoms with E-state index in [-0.39, 0.29) is 0 Å². The normalized spacial score (nSPS) is 46.4. The van der Waals surface area contributed by atoms with Gasteiger partial charge in [0.1, 0.15) is 18.3 Å². The summed E-state index contributed by atoms with van der Waals surface area (Å²) in [7, 11) is 1.18. The summed E-state index contributed by atoms with van der Waals surface area (Å²) < 4.78 is 4.57. The Bertz CT molecular complexity index is 163. The van der Waals surface area contributed by atoms with Crippen LogP contribution in [0.2, 0.25) is 0 Å². The van der Waals surface area contributed by atoms with Crippen LogP contribution < -0.4 is 0 Å². The summed E-state index contributed by atoms with van der Waals surface area (Å²) in [5.74, 6) is 0. The van der Waals surface area contributed by atoms with Gasteiger partial charge in [0, 0.05) is 0 Å². The fourth-order valence-electron chi connectivity index (χ4n) is 1.00. The van der Waals surface area contributed by atoms with Gasteiger partial charge in [-0.2, -0.15) is 0 Å². The van der Waals surface area contributed by atoms with Crippen LogP contribution in [0.1, 0.15) is 0 Å². The lowest BCUT2D eigenvalue weighted by Crippen LogP contribution is -2.58. The van der Waals surface area contributed by atoms with Crippen molar-refractivity contribution in [3.63, 3.8) is 0 Å². The van der Waals surface area contributed by atoms with Gasteiger partial charge >= 0.3 is 0 Å². The first kappa shape index (κ1) is 10.8. The third-order valence-corrected chi connectivity index (χ3v) is 1.74. The molecule has 1 aliphatic heterocycles. The molecule has 78 valence electrons. The minimum absolute atomic E-state index is 1.18. The van der Waals surface area contributed by atoms with Gasteiger partial charge in [-0.3, -0.25) is 0 Å². The van der Waals surface area contributed by atoms with E-state index < -0.39 is 30.9 Å². The average Bonchev–Trinajstić information content (AvgIpc) is 2.11. The Hall–Kier alpha value is -0.280. The SMILES string of the molecule is COO[C@H]1OC(O)[C@@H](O)[C@H](O)[C@@H]1O. The molecule has 7 nitrogen and oxygen atoms in total. The number of aliphatic hydroxyl groups excluding tert-OH is 4. The second-order valence-corrected chi connectivity index (χ2v) is 2.63. The minimum atomic E-state index is -1.61. The molecule has 13 heavy (non-hydrogen) atoms. The van der Waals surface area contributed by atoms with Crippen molar-refractivity contribution in [3.05, 3.63) is 0 Å². The molecule has 5 atom stereocenters. The van der Waals surface area contributed by atoms with Crippen molar-refractivity contribution in [2.45, 2.75) is 30.9 Å². The molecule has 1 heterocycles. The third kappa shape index (κ3) is 2.15. The Kier molecular flexibility index (Phi) is 3.56. The highest BCUT2D eigenvalue weighted by Crippen LogP contribution is 2.20. The molecule has 0 bridgehead atoms. The first-order chi connectivity index (χ1) is 6.07. The quantitative estimate of drug-likeness (QED) is 0.281. The van der Waals surface area contributed by atoms with Gasteiger partial charge in [-0.15, -0.1) is 0 Å². The van der Waals surface area contributed by atoms with Gasteiger partial charge in [-0.1, -0.05) is 0 Å². The maximum absolute atomic E-state index is 9.21. The molecule has 0 amide bonds. The van der Waals surface area contributed by atoms with Crippen LogP contribution in [-0.2, 0) is 14.5 Å². The summed E-state index contributed by atoms with van der Waals surface area (Å²) in [6.07, 6.45) is -7.51. The van der Waals surface area contributed by atoms with Gasteiger partial charge in [0.15, 0.2) is 6.29 Å². The highest BCUT2D eigenvalue weighted by molar-refractivity contribution is 4.84. The van der Waals surface area contributed by atoms with Gasteiger partial charge in [0.2, 0.25) is 6.29 Å². The summed E-state index contributed by atoms with van der Waals surface area (Å²) in [5.41, 5.74) is 0. The Morgan fingerprint density at radius 2 is 1.62 bits per heavy atom. The van der Waals surface area contributed by atoms with Crippen molar-refractivity contribution >= 4 is 0 Å². The molecule has 1 aliphatic rings. The fourth-order valence-corrected chi connectivity index (χ4v) is 1.00. The summed E-state index contributed by atoms with van der Waals surface area (Å²) in [5, 5.41) is 36.3. The van der Waals surface area contributed by atoms with Crippen LogP contribution in [0, 0.1) is 0 Å². The van der Waals surface area contributed by atoms with Crippen molar-refractivity contribution in [2.24, 2.45) is 0 Å². The van der Waals surface area contributed by atoms with E-state index in [1.165, 1.54) is 7.11 Å². The molecule has 0 radical (unpaired) electrons. The number of ether oxygens (including phenoxy) is 1. The molecule has 1 saturated heterocycles. The number of hydrogen-bond acceptors (Lipinski definition) is 7. The van der Waals surface area contributed by atoms with Crippen LogP contribution in [0.15, 0.2) is 0 Å². The molecule has 0 aromatic heterocycles. The maximum Gasteiger partial charge on any atom is 0.222 e. The van der Waals surface area contributed by atoms with E-state index in [0.29, 0.717) is 0 Å². The molecule has 7 heteroatoms. The van der Waals surface area contributed by atoms with E-state index in [1.807, 2.05) is 0 Å². The molecule has 4 N–H and O–H groups in total. The van der Waals surface area contributed by atoms with Crippen LogP contribution in [0.4, 0.5) is 0 Å². The lowest BCUT2D eigenvalue weighted by Gasteiger charge is -2.36. The maximum atomic E-state index is 9.21. The zero-order chi connectivity index (χ0) is 10.0. The highest BCUT2D eigenvalue weighted by Gasteiger charge is 2.44. The second-order valence-electron chi connectivity index (χ2n) is 2.63. The van der Waals surface area contributed by atoms with E-state index in [9.17, 15) is 5.11 Å². The lowest BCUT2D eigenvalue weighted by molar-refractivity contribution is -0.432. The van der Waals surface area contributed by atoms with Crippen molar-refractivity contribution in [1.82, 2.24) is 0 Å². The topological polar surface area (TPSA) is 109 Å². The van der Waals surface area contributed by atoms with Gasteiger partial charge in [0.05, 0.1) is 7.11 Å². The Labute approximate surface area is 74.0 Å². The molecule has 0 aromatic carbocycles. The van der Waals surface area contributed by atoms with Crippen LogP contribution in [0.3, 0.4) is 0 Å². The number of rotatable bonds is 2. The second kappa shape index (κ2) is 4.29. The van der Waals surface area contributed by atoms with Crippen LogP contribution in [0.25, 0.3) is 0 Å². The van der Waals surface area contributed by atoms with Crippen LogP contribution in [-0.4, -0.2) is 58.4 Å². The minimum Gasteiger partial charge on any atom is -0.387 e. The molecular formula is C6H12O7. The summed E-state index contributed by atoms with van der Waals surface area (Å²) >= 11 is 0. The van der Waals surface area contributed by atoms with E-state index in [2.05, 4.69) is 14.5 Å². The average molecular weight is 196 g/mol. The van der Waals surface area contributed by atoms with Gasteiger partial charge < -0.3 is 25.2 Å². The van der Waals surface area contributed by atoms with Crippen LogP contribution in [0.5, 0.6) is 0 Å². The Balaban J connectivity index is 2.59. The monoisotopic (exact) mass is 196 g/mol. The largest absolute Gasteiger partial charge is 0.387 e. The van der Waals surface area contributed by atoms with Crippen molar-refractivity contribution in [1.29, 1.82) is 0 Å². The highest BCUT2D eigenvalue weighted by atomic mass is 17.2. The molecule has 0 aliphatic carbocycles. The van der Waals surface area contributed by atoms with Gasteiger partial charge in [-0.25, -0.2) is 9.78 Å². The van der Waals surface area contributed by atoms with Gasteiger partial charge in [-0.05, 0) is 0 Å². The fraction of sp³-hybridized carbons (Fsp3) is 1.00. The molecule has 1 fully saturated rings. The van der Waals surface area contributed by atoms with E-state index >= 15 is 0 Å². The van der Waals surface area contributed by atoms with E-state index in [4.69, 9.17) is 15.3 Å². The van der Waals surface area contributed by atoms with Crippen molar-refractivity contribution in [2.75, 3.05) is 7.11 Å². The number of hydrogen-bond donors (Lipinski definition) is 4. The summed E-state index contributed by atoms with van der Waals surface area (Å²) in [4.78, 5) is 8.58. The predicted octanol–water partition coefficient (Wildman–Crippen LogP) is -2.68. The first-order valence-corrected chi connectivity index (χ1v) is 3.65. The van der Waals surface area contributed by atoms with Crippen molar-refractivity contribution < 1.29 is 34.9 Å². The molecule has 1 rings (SSSR count). The summed E-state index contributed by atoms with van der Waals surface area (Å²) in [6, 6.07) is 0. The smallest absolute Gasteiger partial charge is 0.222 e. The Morgan fingerprint density at radius 1 is 1.00 bits per heavy atom. The lowest BCUT2D eigenvalue weighted by atomic mass is 10.0. The van der Waals surface area contributed by atoms with Crippen molar-refractivity contribution in [3.8, 4) is 0 Å². The molecule has 0 aromatic rings. The standard InChI is InChI=1S/C6H12O7/c1-11-13-6-4(9)2(7)3(8)5(10)12-6/h2-10H,1H3/t2-,3-,4-,5?,6+/m0/s1.